The Bertz CT molecular complexity index is 657. The second-order valence-corrected chi connectivity index (χ2v) is 4.75. The molecule has 1 N–H and O–H groups in total. The third kappa shape index (κ3) is 2.64. The minimum atomic E-state index is -5.21. The largest absolute Gasteiger partial charge is 0.473 e. The summed E-state index contributed by atoms with van der Waals surface area (Å²) in [4.78, 5) is 21.3. The van der Waals surface area contributed by atoms with Crippen LogP contribution in [0.5, 0.6) is 0 Å². The fraction of sp³-hybridized carbons (Fsp3) is 0.333. The van der Waals surface area contributed by atoms with Crippen LogP contribution in [0.15, 0.2) is 29.4 Å². The van der Waals surface area contributed by atoms with Crippen molar-refractivity contribution in [2.45, 2.75) is 25.2 Å². The Morgan fingerprint density at radius 2 is 1.95 bits per heavy atom. The molecule has 0 spiro atoms. The molecule has 1 amide bonds. The van der Waals surface area contributed by atoms with E-state index in [9.17, 15) is 33.2 Å². The van der Waals surface area contributed by atoms with Crippen molar-refractivity contribution in [1.29, 1.82) is 0 Å². The first-order valence-corrected chi connectivity index (χ1v) is 5.98. The van der Waals surface area contributed by atoms with E-state index in [4.69, 9.17) is 0 Å². The number of aliphatic hydroxyl groups is 1. The van der Waals surface area contributed by atoms with Gasteiger partial charge in [0, 0.05) is 29.8 Å². The van der Waals surface area contributed by atoms with Crippen LogP contribution in [-0.4, -0.2) is 32.8 Å². The van der Waals surface area contributed by atoms with Gasteiger partial charge in [-0.15, -0.1) is 0 Å². The van der Waals surface area contributed by atoms with Crippen molar-refractivity contribution >= 4 is 17.3 Å². The topological polar surface area (TPSA) is 96.0 Å². The van der Waals surface area contributed by atoms with Crippen LogP contribution in [0.3, 0.4) is 0 Å². The van der Waals surface area contributed by atoms with Crippen LogP contribution < -0.4 is 0 Å². The van der Waals surface area contributed by atoms with E-state index < -0.39 is 22.7 Å². The molecule has 0 aliphatic carbocycles. The zero-order valence-corrected chi connectivity index (χ0v) is 11.2. The summed E-state index contributed by atoms with van der Waals surface area (Å²) in [7, 11) is 0. The first-order chi connectivity index (χ1) is 10.1. The molecule has 0 radical (unpaired) electrons. The van der Waals surface area contributed by atoms with Gasteiger partial charge in [-0.25, -0.2) is 0 Å². The van der Waals surface area contributed by atoms with Crippen molar-refractivity contribution < 1.29 is 28.0 Å². The van der Waals surface area contributed by atoms with Gasteiger partial charge in [0.2, 0.25) is 0 Å². The Morgan fingerprint density at radius 3 is 2.41 bits per heavy atom. The van der Waals surface area contributed by atoms with Gasteiger partial charge in [-0.1, -0.05) is 0 Å². The maximum Gasteiger partial charge on any atom is 0.473 e. The third-order valence-corrected chi connectivity index (χ3v) is 3.10. The van der Waals surface area contributed by atoms with E-state index in [0.29, 0.717) is 0 Å². The Hall–Kier alpha value is -2.49. The van der Waals surface area contributed by atoms with Crippen molar-refractivity contribution in [3.05, 3.63) is 39.9 Å². The number of alkyl halides is 3. The van der Waals surface area contributed by atoms with Gasteiger partial charge in [0.05, 0.1) is 4.92 Å². The van der Waals surface area contributed by atoms with Crippen LogP contribution in [0.2, 0.25) is 0 Å². The number of rotatable bonds is 2. The van der Waals surface area contributed by atoms with Crippen LogP contribution in [0.4, 0.5) is 18.9 Å². The number of carbonyl (C=O) groups excluding carboxylic acids is 1. The number of non-ortho nitro benzene ring substituents is 1. The SMILES string of the molecule is CC1=NN(C(=O)C(F)(F)F)[C@](O)(c2ccc([N+](=O)[O-])cc2)C1. The van der Waals surface area contributed by atoms with Crippen molar-refractivity contribution in [2.24, 2.45) is 5.10 Å². The molecule has 1 aromatic rings. The number of hydrogen-bond donors (Lipinski definition) is 1. The summed E-state index contributed by atoms with van der Waals surface area (Å²) < 4.78 is 37.8. The minimum absolute atomic E-state index is 0.0382. The van der Waals surface area contributed by atoms with E-state index in [1.165, 1.54) is 6.92 Å². The summed E-state index contributed by atoms with van der Waals surface area (Å²) in [5.74, 6) is -2.31. The molecule has 0 unspecified atom stereocenters. The van der Waals surface area contributed by atoms with Crippen molar-refractivity contribution in [3.63, 3.8) is 0 Å². The standard InChI is InChI=1S/C12H10F3N3O4/c1-7-6-11(20,17(16-7)10(19)12(13,14)15)8-2-4-9(5-3-8)18(21)22/h2-5,20H,6H2,1H3/t11-/m1/s1. The number of hydrazone groups is 1. The van der Waals surface area contributed by atoms with E-state index in [-0.39, 0.29) is 28.4 Å². The number of halogens is 3. The fourth-order valence-electron chi connectivity index (χ4n) is 2.13. The lowest BCUT2D eigenvalue weighted by molar-refractivity contribution is -0.384. The Balaban J connectivity index is 2.42. The normalized spacial score (nSPS) is 21.7. The monoisotopic (exact) mass is 317 g/mol. The highest BCUT2D eigenvalue weighted by Crippen LogP contribution is 2.38. The van der Waals surface area contributed by atoms with E-state index in [1.54, 1.807) is 0 Å². The molecule has 10 heteroatoms. The van der Waals surface area contributed by atoms with Gasteiger partial charge in [0.25, 0.3) is 5.69 Å². The summed E-state index contributed by atoms with van der Waals surface area (Å²) >= 11 is 0. The van der Waals surface area contributed by atoms with Gasteiger partial charge in [-0.2, -0.15) is 23.3 Å². The van der Waals surface area contributed by atoms with E-state index in [1.807, 2.05) is 0 Å². The van der Waals surface area contributed by atoms with E-state index in [0.717, 1.165) is 24.3 Å². The molecule has 0 aromatic heterocycles. The third-order valence-electron chi connectivity index (χ3n) is 3.10. The summed E-state index contributed by atoms with van der Waals surface area (Å²) in [5, 5.41) is 24.5. The highest BCUT2D eigenvalue weighted by molar-refractivity contribution is 5.91. The van der Waals surface area contributed by atoms with Crippen LogP contribution in [0, 0.1) is 10.1 Å². The average Bonchev–Trinajstić information content (AvgIpc) is 2.73. The molecule has 22 heavy (non-hydrogen) atoms. The molecule has 1 atom stereocenters. The molecule has 1 heterocycles. The molecular weight excluding hydrogens is 307 g/mol. The smallest absolute Gasteiger partial charge is 0.365 e. The molecule has 1 aromatic carbocycles. The molecular formula is C12H10F3N3O4. The number of nitro groups is 1. The predicted octanol–water partition coefficient (Wildman–Crippen LogP) is 1.91. The van der Waals surface area contributed by atoms with E-state index >= 15 is 0 Å². The van der Waals surface area contributed by atoms with Crippen LogP contribution in [0.1, 0.15) is 18.9 Å². The number of nitrogens with zero attached hydrogens (tertiary/aromatic N) is 3. The maximum absolute atomic E-state index is 12.6. The van der Waals surface area contributed by atoms with Crippen LogP contribution >= 0.6 is 0 Å². The van der Waals surface area contributed by atoms with Crippen LogP contribution in [-0.2, 0) is 10.5 Å². The molecule has 7 nitrogen and oxygen atoms in total. The lowest BCUT2D eigenvalue weighted by Gasteiger charge is -2.31. The lowest BCUT2D eigenvalue weighted by atomic mass is 9.97. The van der Waals surface area contributed by atoms with Gasteiger partial charge in [-0.05, 0) is 19.1 Å². The molecule has 0 saturated heterocycles. The number of hydrogen-bond acceptors (Lipinski definition) is 5. The summed E-state index contributed by atoms with van der Waals surface area (Å²) in [5.41, 5.74) is -2.60. The molecule has 1 aliphatic heterocycles. The molecule has 1 aliphatic rings. The van der Waals surface area contributed by atoms with Crippen molar-refractivity contribution in [3.8, 4) is 0 Å². The van der Waals surface area contributed by atoms with Crippen molar-refractivity contribution in [1.82, 2.24) is 5.01 Å². The highest BCUT2D eigenvalue weighted by atomic mass is 19.4. The van der Waals surface area contributed by atoms with Gasteiger partial charge in [-0.3, -0.25) is 14.9 Å². The highest BCUT2D eigenvalue weighted by Gasteiger charge is 2.53. The lowest BCUT2D eigenvalue weighted by Crippen LogP contribution is -2.48. The number of nitro benzene ring substituents is 1. The van der Waals surface area contributed by atoms with Gasteiger partial charge in [0.15, 0.2) is 5.72 Å². The zero-order valence-electron chi connectivity index (χ0n) is 11.2. The average molecular weight is 317 g/mol. The molecule has 118 valence electrons. The van der Waals surface area contributed by atoms with E-state index in [2.05, 4.69) is 5.10 Å². The van der Waals surface area contributed by atoms with Gasteiger partial charge in [0.1, 0.15) is 0 Å². The quantitative estimate of drug-likeness (QED) is 0.665. The van der Waals surface area contributed by atoms with Crippen LogP contribution in [0.25, 0.3) is 0 Å². The number of benzene rings is 1. The first kappa shape index (κ1) is 15.9. The first-order valence-electron chi connectivity index (χ1n) is 5.98. The molecule has 0 bridgehead atoms. The van der Waals surface area contributed by atoms with Gasteiger partial charge >= 0.3 is 12.1 Å². The summed E-state index contributed by atoms with van der Waals surface area (Å²) in [6.07, 6.45) is -5.53. The predicted molar refractivity (Wildman–Crippen MR) is 67.6 cm³/mol. The number of carbonyl (C=O) groups is 1. The molecule has 0 fully saturated rings. The minimum Gasteiger partial charge on any atom is -0.365 e. The second-order valence-electron chi connectivity index (χ2n) is 4.75. The second kappa shape index (κ2) is 5.05. The molecule has 0 saturated carbocycles. The Kier molecular flexibility index (Phi) is 3.65. The maximum atomic E-state index is 12.6. The van der Waals surface area contributed by atoms with Gasteiger partial charge < -0.3 is 5.11 Å². The fourth-order valence-corrected chi connectivity index (χ4v) is 2.13. The molecule has 2 rings (SSSR count). The summed E-state index contributed by atoms with van der Waals surface area (Å²) in [6.45, 7) is 1.36. The number of amides is 1. The Morgan fingerprint density at radius 1 is 1.41 bits per heavy atom. The zero-order chi connectivity index (χ0) is 16.7. The Labute approximate surface area is 121 Å². The van der Waals surface area contributed by atoms with Crippen molar-refractivity contribution in [2.75, 3.05) is 0 Å². The summed E-state index contributed by atoms with van der Waals surface area (Å²) in [6, 6.07) is 4.22.